The van der Waals surface area contributed by atoms with Crippen molar-refractivity contribution in [3.63, 3.8) is 0 Å². The Morgan fingerprint density at radius 1 is 1.35 bits per heavy atom. The summed E-state index contributed by atoms with van der Waals surface area (Å²) < 4.78 is 16.7. The average Bonchev–Trinajstić information content (AvgIpc) is 2.77. The fraction of sp³-hybridized carbons (Fsp3) is 0.615. The van der Waals surface area contributed by atoms with Crippen LogP contribution in [0.15, 0.2) is 12.1 Å². The summed E-state index contributed by atoms with van der Waals surface area (Å²) in [4.78, 5) is 4.53. The van der Waals surface area contributed by atoms with Crippen LogP contribution in [0.3, 0.4) is 0 Å². The highest BCUT2D eigenvalue weighted by atomic mass is 16.7. The molecule has 1 fully saturated rings. The molecule has 17 heavy (non-hydrogen) atoms. The first kappa shape index (κ1) is 11.0. The maximum atomic E-state index is 5.78. The summed E-state index contributed by atoms with van der Waals surface area (Å²) >= 11 is 0. The van der Waals surface area contributed by atoms with E-state index in [0.29, 0.717) is 25.0 Å². The van der Waals surface area contributed by atoms with Gasteiger partial charge in [0.05, 0.1) is 26.0 Å². The molecule has 0 aromatic carbocycles. The fourth-order valence-electron chi connectivity index (χ4n) is 2.82. The van der Waals surface area contributed by atoms with E-state index in [9.17, 15) is 0 Å². The second-order valence-electron chi connectivity index (χ2n) is 4.79. The largest absolute Gasteiger partial charge is 0.481 e. The third-order valence-electron chi connectivity index (χ3n) is 3.55. The minimum Gasteiger partial charge on any atom is -0.481 e. The second-order valence-corrected chi connectivity index (χ2v) is 4.79. The monoisotopic (exact) mass is 235 g/mol. The van der Waals surface area contributed by atoms with E-state index in [1.165, 1.54) is 5.56 Å². The van der Waals surface area contributed by atoms with Crippen molar-refractivity contribution >= 4 is 0 Å². The first-order chi connectivity index (χ1) is 8.22. The van der Waals surface area contributed by atoms with Crippen LogP contribution in [0, 0.1) is 0 Å². The van der Waals surface area contributed by atoms with Gasteiger partial charge in [-0.2, -0.15) is 0 Å². The number of ether oxygens (including phenoxy) is 3. The minimum absolute atomic E-state index is 0.340. The van der Waals surface area contributed by atoms with Crippen molar-refractivity contribution in [3.8, 4) is 5.88 Å². The zero-order valence-corrected chi connectivity index (χ0v) is 10.2. The van der Waals surface area contributed by atoms with Gasteiger partial charge in [-0.3, -0.25) is 0 Å². The number of rotatable bonds is 1. The summed E-state index contributed by atoms with van der Waals surface area (Å²) in [5.74, 6) is 0.620. The SMILES string of the molecule is COc1ccc2c(n1)C(C)CC1(C2)OCCO1. The molecule has 0 bridgehead atoms. The molecule has 2 heterocycles. The van der Waals surface area contributed by atoms with E-state index in [1.54, 1.807) is 7.11 Å². The Hall–Kier alpha value is -1.13. The third kappa shape index (κ3) is 1.81. The number of fused-ring (bicyclic) bond motifs is 1. The molecule has 2 aliphatic rings. The summed E-state index contributed by atoms with van der Waals surface area (Å²) in [6.07, 6.45) is 1.67. The van der Waals surface area contributed by atoms with Crippen LogP contribution in [0.4, 0.5) is 0 Å². The lowest BCUT2D eigenvalue weighted by atomic mass is 9.83. The lowest BCUT2D eigenvalue weighted by molar-refractivity contribution is -0.167. The molecule has 1 aliphatic carbocycles. The Balaban J connectivity index is 1.96. The summed E-state index contributed by atoms with van der Waals surface area (Å²) in [6.45, 7) is 3.56. The van der Waals surface area contributed by atoms with Crippen molar-refractivity contribution in [3.05, 3.63) is 23.4 Å². The molecule has 1 aromatic heterocycles. The molecule has 4 nitrogen and oxygen atoms in total. The molecule has 92 valence electrons. The fourth-order valence-corrected chi connectivity index (χ4v) is 2.82. The lowest BCUT2D eigenvalue weighted by Gasteiger charge is -2.35. The summed E-state index contributed by atoms with van der Waals surface area (Å²) in [5.41, 5.74) is 2.33. The molecule has 1 unspecified atom stereocenters. The molecule has 0 N–H and O–H groups in total. The van der Waals surface area contributed by atoms with Gasteiger partial charge < -0.3 is 14.2 Å². The summed E-state index contributed by atoms with van der Waals surface area (Å²) in [6, 6.07) is 3.98. The van der Waals surface area contributed by atoms with Crippen molar-refractivity contribution in [1.82, 2.24) is 4.98 Å². The van der Waals surface area contributed by atoms with Crippen LogP contribution in [0.25, 0.3) is 0 Å². The summed E-state index contributed by atoms with van der Waals surface area (Å²) in [7, 11) is 1.65. The van der Waals surface area contributed by atoms with E-state index < -0.39 is 5.79 Å². The second kappa shape index (κ2) is 3.96. The number of nitrogens with zero attached hydrogens (tertiary/aromatic N) is 1. The maximum Gasteiger partial charge on any atom is 0.213 e. The first-order valence-corrected chi connectivity index (χ1v) is 6.04. The molecule has 4 heteroatoms. The highest BCUT2D eigenvalue weighted by molar-refractivity contribution is 5.32. The molecule has 1 spiro atoms. The van der Waals surface area contributed by atoms with Gasteiger partial charge in [0.1, 0.15) is 0 Å². The number of methoxy groups -OCH3 is 1. The molecule has 1 aliphatic heterocycles. The average molecular weight is 235 g/mol. The van der Waals surface area contributed by atoms with Crippen molar-refractivity contribution in [1.29, 1.82) is 0 Å². The van der Waals surface area contributed by atoms with Crippen molar-refractivity contribution in [2.75, 3.05) is 20.3 Å². The lowest BCUT2D eigenvalue weighted by Crippen LogP contribution is -2.38. The molecule has 1 atom stereocenters. The van der Waals surface area contributed by atoms with Gasteiger partial charge in [-0.05, 0) is 5.56 Å². The van der Waals surface area contributed by atoms with Crippen molar-refractivity contribution < 1.29 is 14.2 Å². The Bertz CT molecular complexity index is 427. The number of hydrogen-bond donors (Lipinski definition) is 0. The molecule has 1 aromatic rings. The zero-order valence-electron chi connectivity index (χ0n) is 10.2. The predicted octanol–water partition coefficient (Wildman–Crippen LogP) is 1.88. The molecule has 0 saturated carbocycles. The van der Waals surface area contributed by atoms with Crippen LogP contribution in [0.5, 0.6) is 5.88 Å². The van der Waals surface area contributed by atoms with Gasteiger partial charge in [0.2, 0.25) is 5.88 Å². The van der Waals surface area contributed by atoms with Crippen LogP contribution in [0.2, 0.25) is 0 Å². The maximum absolute atomic E-state index is 5.78. The predicted molar refractivity (Wildman–Crippen MR) is 62.2 cm³/mol. The standard InChI is InChI=1S/C13H17NO3/c1-9-7-13(16-5-6-17-13)8-10-3-4-11(15-2)14-12(9)10/h3-4,9H,5-8H2,1-2H3. The van der Waals surface area contributed by atoms with E-state index in [0.717, 1.165) is 18.5 Å². The molecule has 3 rings (SSSR count). The molecular weight excluding hydrogens is 218 g/mol. The van der Waals surface area contributed by atoms with Gasteiger partial charge in [-0.15, -0.1) is 0 Å². The Morgan fingerprint density at radius 3 is 2.82 bits per heavy atom. The van der Waals surface area contributed by atoms with E-state index in [1.807, 2.05) is 6.07 Å². The van der Waals surface area contributed by atoms with Crippen molar-refractivity contribution in [2.45, 2.75) is 31.5 Å². The van der Waals surface area contributed by atoms with Crippen LogP contribution < -0.4 is 4.74 Å². The van der Waals surface area contributed by atoms with Gasteiger partial charge in [0.25, 0.3) is 0 Å². The molecular formula is C13H17NO3. The Kier molecular flexibility index (Phi) is 2.56. The Morgan fingerprint density at radius 2 is 2.12 bits per heavy atom. The molecule has 1 saturated heterocycles. The van der Waals surface area contributed by atoms with Gasteiger partial charge >= 0.3 is 0 Å². The molecule has 0 radical (unpaired) electrons. The van der Waals surface area contributed by atoms with Crippen LogP contribution in [0.1, 0.15) is 30.5 Å². The quantitative estimate of drug-likeness (QED) is 0.745. The van der Waals surface area contributed by atoms with Crippen LogP contribution in [-0.4, -0.2) is 31.1 Å². The highest BCUT2D eigenvalue weighted by Crippen LogP contribution is 2.41. The number of aromatic nitrogens is 1. The van der Waals surface area contributed by atoms with Gasteiger partial charge in [0.15, 0.2) is 5.79 Å². The number of pyridine rings is 1. The van der Waals surface area contributed by atoms with E-state index in [-0.39, 0.29) is 0 Å². The van der Waals surface area contributed by atoms with Gasteiger partial charge in [-0.1, -0.05) is 13.0 Å². The van der Waals surface area contributed by atoms with Gasteiger partial charge in [0, 0.05) is 24.8 Å². The minimum atomic E-state index is -0.400. The van der Waals surface area contributed by atoms with E-state index >= 15 is 0 Å². The first-order valence-electron chi connectivity index (χ1n) is 6.04. The van der Waals surface area contributed by atoms with E-state index in [4.69, 9.17) is 14.2 Å². The Labute approximate surface area is 101 Å². The summed E-state index contributed by atoms with van der Waals surface area (Å²) in [5, 5.41) is 0. The smallest absolute Gasteiger partial charge is 0.213 e. The number of hydrogen-bond acceptors (Lipinski definition) is 4. The van der Waals surface area contributed by atoms with Crippen LogP contribution >= 0.6 is 0 Å². The third-order valence-corrected chi connectivity index (χ3v) is 3.55. The highest BCUT2D eigenvalue weighted by Gasteiger charge is 2.43. The van der Waals surface area contributed by atoms with Crippen molar-refractivity contribution in [2.24, 2.45) is 0 Å². The molecule has 0 amide bonds. The topological polar surface area (TPSA) is 40.6 Å². The van der Waals surface area contributed by atoms with Gasteiger partial charge in [-0.25, -0.2) is 4.98 Å². The van der Waals surface area contributed by atoms with E-state index in [2.05, 4.69) is 18.0 Å². The zero-order chi connectivity index (χ0) is 11.9. The normalized spacial score (nSPS) is 25.9. The van der Waals surface area contributed by atoms with Crippen LogP contribution in [-0.2, 0) is 15.9 Å².